The number of hydrogen-bond acceptors (Lipinski definition) is 2. The van der Waals surface area contributed by atoms with Crippen LogP contribution in [0.15, 0.2) is 78.9 Å². The lowest BCUT2D eigenvalue weighted by molar-refractivity contribution is -0.140. The minimum absolute atomic E-state index is 0.143. The van der Waals surface area contributed by atoms with Crippen molar-refractivity contribution in [1.82, 2.24) is 10.2 Å². The molecule has 4 nitrogen and oxygen atoms in total. The van der Waals surface area contributed by atoms with Gasteiger partial charge in [0, 0.05) is 24.5 Å². The van der Waals surface area contributed by atoms with Crippen LogP contribution in [0.3, 0.4) is 0 Å². The van der Waals surface area contributed by atoms with Gasteiger partial charge >= 0.3 is 0 Å². The first-order valence-electron chi connectivity index (χ1n) is 11.1. The Balaban J connectivity index is 1.97. The third kappa shape index (κ3) is 6.90. The lowest BCUT2D eigenvalue weighted by Gasteiger charge is -2.32. The molecule has 0 aliphatic carbocycles. The number of carbonyl (C=O) groups excluding carboxylic acids is 2. The van der Waals surface area contributed by atoms with Gasteiger partial charge in [-0.15, -0.1) is 0 Å². The van der Waals surface area contributed by atoms with Gasteiger partial charge in [-0.3, -0.25) is 9.59 Å². The van der Waals surface area contributed by atoms with Crippen molar-refractivity contribution < 1.29 is 14.0 Å². The lowest BCUT2D eigenvalue weighted by Crippen LogP contribution is -2.51. The molecule has 0 saturated carbocycles. The van der Waals surface area contributed by atoms with Crippen LogP contribution in [0, 0.1) is 5.82 Å². The molecule has 0 radical (unpaired) electrons. The van der Waals surface area contributed by atoms with Crippen LogP contribution in [-0.2, 0) is 29.0 Å². The van der Waals surface area contributed by atoms with Gasteiger partial charge in [0.05, 0.1) is 6.42 Å². The average molecular weight is 467 g/mol. The fourth-order valence-electron chi connectivity index (χ4n) is 3.64. The van der Waals surface area contributed by atoms with Crippen molar-refractivity contribution in [1.29, 1.82) is 0 Å². The number of hydrogen-bond donors (Lipinski definition) is 1. The summed E-state index contributed by atoms with van der Waals surface area (Å²) < 4.78 is 14.3. The molecule has 0 saturated heterocycles. The summed E-state index contributed by atoms with van der Waals surface area (Å²) in [6.07, 6.45) is 0.963. The van der Waals surface area contributed by atoms with E-state index >= 15 is 0 Å². The van der Waals surface area contributed by atoms with Gasteiger partial charge in [0.25, 0.3) is 0 Å². The van der Waals surface area contributed by atoms with E-state index in [9.17, 15) is 14.0 Å². The average Bonchev–Trinajstić information content (AvgIpc) is 2.83. The molecule has 1 unspecified atom stereocenters. The first kappa shape index (κ1) is 24.5. The van der Waals surface area contributed by atoms with E-state index < -0.39 is 11.9 Å². The van der Waals surface area contributed by atoms with E-state index in [0.717, 1.165) is 17.5 Å². The van der Waals surface area contributed by atoms with Crippen LogP contribution in [0.4, 0.5) is 4.39 Å². The SMILES string of the molecule is CCCNC(=O)C(Cc1ccccc1)N(Cc1ccccc1Cl)C(=O)Cc1ccccc1F. The van der Waals surface area contributed by atoms with Gasteiger partial charge in [0.15, 0.2) is 0 Å². The third-order valence-corrected chi connectivity index (χ3v) is 5.79. The molecule has 172 valence electrons. The third-order valence-electron chi connectivity index (χ3n) is 5.42. The van der Waals surface area contributed by atoms with Crippen molar-refractivity contribution in [3.05, 3.63) is 106 Å². The Hall–Kier alpha value is -3.18. The minimum atomic E-state index is -0.769. The van der Waals surface area contributed by atoms with Crippen molar-refractivity contribution in [2.45, 2.75) is 38.8 Å². The summed E-state index contributed by atoms with van der Waals surface area (Å²) in [6, 6.07) is 22.2. The molecular formula is C27H28ClFN2O2. The van der Waals surface area contributed by atoms with Gasteiger partial charge in [0.2, 0.25) is 11.8 Å². The van der Waals surface area contributed by atoms with Gasteiger partial charge in [0.1, 0.15) is 11.9 Å². The van der Waals surface area contributed by atoms with Crippen LogP contribution in [0.25, 0.3) is 0 Å². The van der Waals surface area contributed by atoms with E-state index in [1.165, 1.54) is 11.0 Å². The molecule has 0 bridgehead atoms. The number of amides is 2. The second kappa shape index (κ2) is 12.2. The molecular weight excluding hydrogens is 439 g/mol. The Bertz CT molecular complexity index is 1070. The molecule has 3 rings (SSSR count). The molecule has 0 aliphatic heterocycles. The van der Waals surface area contributed by atoms with Gasteiger partial charge in [-0.1, -0.05) is 85.3 Å². The van der Waals surface area contributed by atoms with E-state index in [-0.39, 0.29) is 24.8 Å². The number of carbonyl (C=O) groups is 2. The van der Waals surface area contributed by atoms with E-state index in [1.54, 1.807) is 24.3 Å². The van der Waals surface area contributed by atoms with Crippen LogP contribution < -0.4 is 5.32 Å². The summed E-state index contributed by atoms with van der Waals surface area (Å²) in [5.41, 5.74) is 1.94. The summed E-state index contributed by atoms with van der Waals surface area (Å²) >= 11 is 6.39. The number of halogens is 2. The molecule has 0 heterocycles. The maximum absolute atomic E-state index is 14.3. The van der Waals surface area contributed by atoms with Gasteiger partial charge in [-0.25, -0.2) is 4.39 Å². The Labute approximate surface area is 199 Å². The number of rotatable bonds is 10. The molecule has 3 aromatic rings. The maximum atomic E-state index is 14.3. The lowest BCUT2D eigenvalue weighted by atomic mass is 10.0. The molecule has 1 atom stereocenters. The molecule has 0 aliphatic rings. The molecule has 2 amide bonds. The monoisotopic (exact) mass is 466 g/mol. The Kier molecular flexibility index (Phi) is 9.02. The fraction of sp³-hybridized carbons (Fsp3) is 0.259. The topological polar surface area (TPSA) is 49.4 Å². The van der Waals surface area contributed by atoms with Crippen molar-refractivity contribution in [2.24, 2.45) is 0 Å². The first-order chi connectivity index (χ1) is 16.0. The number of nitrogens with zero attached hydrogens (tertiary/aromatic N) is 1. The van der Waals surface area contributed by atoms with Crippen molar-refractivity contribution >= 4 is 23.4 Å². The summed E-state index contributed by atoms with van der Waals surface area (Å²) in [5, 5.41) is 3.43. The van der Waals surface area contributed by atoms with E-state index in [2.05, 4.69) is 5.32 Å². The molecule has 3 aromatic carbocycles. The van der Waals surface area contributed by atoms with Crippen molar-refractivity contribution in [2.75, 3.05) is 6.54 Å². The van der Waals surface area contributed by atoms with Crippen molar-refractivity contribution in [3.8, 4) is 0 Å². The highest BCUT2D eigenvalue weighted by Crippen LogP contribution is 2.21. The Morgan fingerprint density at radius 1 is 0.939 bits per heavy atom. The van der Waals surface area contributed by atoms with E-state index in [1.807, 2.05) is 55.5 Å². The molecule has 0 fully saturated rings. The highest BCUT2D eigenvalue weighted by atomic mass is 35.5. The minimum Gasteiger partial charge on any atom is -0.354 e. The highest BCUT2D eigenvalue weighted by Gasteiger charge is 2.31. The smallest absolute Gasteiger partial charge is 0.243 e. The van der Waals surface area contributed by atoms with Crippen molar-refractivity contribution in [3.63, 3.8) is 0 Å². The highest BCUT2D eigenvalue weighted by molar-refractivity contribution is 6.31. The zero-order valence-corrected chi connectivity index (χ0v) is 19.4. The number of nitrogens with one attached hydrogen (secondary N) is 1. The van der Waals surface area contributed by atoms with Crippen LogP contribution in [0.1, 0.15) is 30.0 Å². The van der Waals surface area contributed by atoms with E-state index in [0.29, 0.717) is 23.6 Å². The summed E-state index contributed by atoms with van der Waals surface area (Å²) in [6.45, 7) is 2.62. The predicted molar refractivity (Wildman–Crippen MR) is 129 cm³/mol. The predicted octanol–water partition coefficient (Wildman–Crippen LogP) is 5.19. The van der Waals surface area contributed by atoms with E-state index in [4.69, 9.17) is 11.6 Å². The summed E-state index contributed by atoms with van der Waals surface area (Å²) in [5.74, 6) is -1.03. The summed E-state index contributed by atoms with van der Waals surface area (Å²) in [7, 11) is 0. The zero-order valence-electron chi connectivity index (χ0n) is 18.6. The molecule has 0 aromatic heterocycles. The maximum Gasteiger partial charge on any atom is 0.243 e. The van der Waals surface area contributed by atoms with Gasteiger partial charge in [-0.05, 0) is 35.2 Å². The first-order valence-corrected chi connectivity index (χ1v) is 11.4. The second-order valence-corrected chi connectivity index (χ2v) is 8.28. The number of benzene rings is 3. The Morgan fingerprint density at radius 3 is 2.24 bits per heavy atom. The van der Waals surface area contributed by atoms with Crippen LogP contribution in [0.2, 0.25) is 5.02 Å². The summed E-state index contributed by atoms with van der Waals surface area (Å²) in [4.78, 5) is 28.3. The molecule has 1 N–H and O–H groups in total. The quantitative estimate of drug-likeness (QED) is 0.447. The Morgan fingerprint density at radius 2 is 1.58 bits per heavy atom. The molecule has 0 spiro atoms. The van der Waals surface area contributed by atoms with Gasteiger partial charge in [-0.2, -0.15) is 0 Å². The van der Waals surface area contributed by atoms with Crippen LogP contribution >= 0.6 is 11.6 Å². The normalized spacial score (nSPS) is 11.6. The molecule has 6 heteroatoms. The second-order valence-electron chi connectivity index (χ2n) is 7.88. The fourth-order valence-corrected chi connectivity index (χ4v) is 3.83. The van der Waals surface area contributed by atoms with Crippen LogP contribution in [0.5, 0.6) is 0 Å². The largest absolute Gasteiger partial charge is 0.354 e. The van der Waals surface area contributed by atoms with Gasteiger partial charge < -0.3 is 10.2 Å². The standard InChI is InChI=1S/C27H28ClFN2O2/c1-2-16-30-27(33)25(17-20-10-4-3-5-11-20)31(19-22-13-6-8-14-23(22)28)26(32)18-21-12-7-9-15-24(21)29/h3-15,25H,2,16-19H2,1H3,(H,30,33). The molecule has 33 heavy (non-hydrogen) atoms. The van der Waals surface area contributed by atoms with Crippen LogP contribution in [-0.4, -0.2) is 29.3 Å². The zero-order chi connectivity index (χ0) is 23.6.